The first-order valence-corrected chi connectivity index (χ1v) is 8.22. The molecule has 0 amide bonds. The minimum absolute atomic E-state index is 0. The Bertz CT molecular complexity index is 594. The summed E-state index contributed by atoms with van der Waals surface area (Å²) in [5, 5.41) is 8.75. The molecular formula is C14H20ClN3O2S. The second-order valence-corrected chi connectivity index (χ2v) is 7.02. The lowest BCUT2D eigenvalue weighted by atomic mass is 9.96. The molecule has 0 aromatic heterocycles. The Labute approximate surface area is 132 Å². The summed E-state index contributed by atoms with van der Waals surface area (Å²) >= 11 is 0. The fourth-order valence-electron chi connectivity index (χ4n) is 2.57. The highest BCUT2D eigenvalue weighted by Gasteiger charge is 2.29. The number of piperidine rings is 1. The Hall–Kier alpha value is -1.13. The maximum absolute atomic E-state index is 12.5. The van der Waals surface area contributed by atoms with Gasteiger partial charge in [-0.2, -0.15) is 9.57 Å². The topological polar surface area (TPSA) is 87.2 Å². The van der Waals surface area contributed by atoms with E-state index < -0.39 is 10.0 Å². The van der Waals surface area contributed by atoms with Gasteiger partial charge in [0.25, 0.3) is 0 Å². The van der Waals surface area contributed by atoms with Crippen molar-refractivity contribution in [1.29, 1.82) is 5.26 Å². The zero-order chi connectivity index (χ0) is 14.6. The number of hydrogen-bond acceptors (Lipinski definition) is 4. The molecule has 0 saturated carbocycles. The van der Waals surface area contributed by atoms with Gasteiger partial charge in [-0.3, -0.25) is 0 Å². The van der Waals surface area contributed by atoms with Crippen LogP contribution in [0.2, 0.25) is 0 Å². The van der Waals surface area contributed by atoms with Crippen LogP contribution in [-0.4, -0.2) is 32.4 Å². The summed E-state index contributed by atoms with van der Waals surface area (Å²) in [6.07, 6.45) is 2.77. The van der Waals surface area contributed by atoms with Gasteiger partial charge in [0.1, 0.15) is 0 Å². The molecule has 0 radical (unpaired) electrons. The largest absolute Gasteiger partial charge is 0.330 e. The van der Waals surface area contributed by atoms with Crippen LogP contribution in [0.5, 0.6) is 0 Å². The molecule has 5 nitrogen and oxygen atoms in total. The summed E-state index contributed by atoms with van der Waals surface area (Å²) in [6, 6.07) is 8.06. The molecule has 1 aliphatic rings. The van der Waals surface area contributed by atoms with Gasteiger partial charge < -0.3 is 5.73 Å². The molecule has 7 heteroatoms. The molecule has 0 bridgehead atoms. The van der Waals surface area contributed by atoms with Gasteiger partial charge in [-0.1, -0.05) is 0 Å². The van der Waals surface area contributed by atoms with Gasteiger partial charge in [0.15, 0.2) is 0 Å². The minimum atomic E-state index is -3.46. The number of benzene rings is 1. The lowest BCUT2D eigenvalue weighted by molar-refractivity contribution is 0.258. The molecule has 0 aliphatic carbocycles. The van der Waals surface area contributed by atoms with Crippen LogP contribution in [-0.2, 0) is 10.0 Å². The Morgan fingerprint density at radius 2 is 2.00 bits per heavy atom. The number of rotatable bonds is 4. The molecular weight excluding hydrogens is 310 g/mol. The van der Waals surface area contributed by atoms with Gasteiger partial charge in [-0.05, 0) is 56.0 Å². The summed E-state index contributed by atoms with van der Waals surface area (Å²) in [5.41, 5.74) is 6.02. The van der Waals surface area contributed by atoms with Crippen LogP contribution in [0.1, 0.15) is 24.8 Å². The summed E-state index contributed by atoms with van der Waals surface area (Å²) in [7, 11) is -3.46. The standard InChI is InChI=1S/C14H19N3O2S.ClH/c15-8-7-13-2-1-9-17(11-13)20(18,19)14-5-3-12(10-16)4-6-14;/h3-6,13H,1-2,7-9,11,15H2;1H. The molecule has 21 heavy (non-hydrogen) atoms. The first-order valence-electron chi connectivity index (χ1n) is 6.78. The number of halogens is 1. The van der Waals surface area contributed by atoms with Crippen molar-refractivity contribution in [3.63, 3.8) is 0 Å². The summed E-state index contributed by atoms with van der Waals surface area (Å²) in [6.45, 7) is 1.69. The third-order valence-electron chi connectivity index (χ3n) is 3.68. The summed E-state index contributed by atoms with van der Waals surface area (Å²) in [5.74, 6) is 0.349. The van der Waals surface area contributed by atoms with Crippen molar-refractivity contribution >= 4 is 22.4 Å². The van der Waals surface area contributed by atoms with Gasteiger partial charge in [0.2, 0.25) is 10.0 Å². The fourth-order valence-corrected chi connectivity index (χ4v) is 4.12. The van der Waals surface area contributed by atoms with E-state index in [9.17, 15) is 8.42 Å². The fraction of sp³-hybridized carbons (Fsp3) is 0.500. The average Bonchev–Trinajstić information content (AvgIpc) is 2.48. The van der Waals surface area contributed by atoms with Gasteiger partial charge in [0.05, 0.1) is 16.5 Å². The highest BCUT2D eigenvalue weighted by molar-refractivity contribution is 7.89. The minimum Gasteiger partial charge on any atom is -0.330 e. The molecule has 2 N–H and O–H groups in total. The van der Waals surface area contributed by atoms with Crippen molar-refractivity contribution in [2.24, 2.45) is 11.7 Å². The van der Waals surface area contributed by atoms with Gasteiger partial charge in [0, 0.05) is 13.1 Å². The van der Waals surface area contributed by atoms with Crippen LogP contribution in [0, 0.1) is 17.2 Å². The number of sulfonamides is 1. The van der Waals surface area contributed by atoms with Crippen molar-refractivity contribution < 1.29 is 8.42 Å². The summed E-state index contributed by atoms with van der Waals surface area (Å²) in [4.78, 5) is 0.255. The Kier molecular flexibility index (Phi) is 6.62. The third-order valence-corrected chi connectivity index (χ3v) is 5.56. The van der Waals surface area contributed by atoms with E-state index in [2.05, 4.69) is 0 Å². The van der Waals surface area contributed by atoms with Gasteiger partial charge >= 0.3 is 0 Å². The molecule has 1 aromatic carbocycles. The van der Waals surface area contributed by atoms with Crippen molar-refractivity contribution in [3.8, 4) is 6.07 Å². The van der Waals surface area contributed by atoms with E-state index in [0.717, 1.165) is 19.3 Å². The predicted molar refractivity (Wildman–Crippen MR) is 83.6 cm³/mol. The van der Waals surface area contributed by atoms with Crippen LogP contribution in [0.3, 0.4) is 0 Å². The Morgan fingerprint density at radius 1 is 1.33 bits per heavy atom. The van der Waals surface area contributed by atoms with E-state index in [1.807, 2.05) is 6.07 Å². The second-order valence-electron chi connectivity index (χ2n) is 5.08. The van der Waals surface area contributed by atoms with E-state index in [1.54, 1.807) is 0 Å². The lowest BCUT2D eigenvalue weighted by Crippen LogP contribution is -2.40. The van der Waals surface area contributed by atoms with E-state index in [4.69, 9.17) is 11.0 Å². The van der Waals surface area contributed by atoms with Crippen LogP contribution in [0.25, 0.3) is 0 Å². The highest BCUT2D eigenvalue weighted by atomic mass is 35.5. The van der Waals surface area contributed by atoms with Gasteiger partial charge in [-0.25, -0.2) is 8.42 Å². The Morgan fingerprint density at radius 3 is 2.57 bits per heavy atom. The van der Waals surface area contributed by atoms with Crippen LogP contribution in [0.15, 0.2) is 29.2 Å². The molecule has 1 heterocycles. The quantitative estimate of drug-likeness (QED) is 0.911. The number of nitrogens with two attached hydrogens (primary N) is 1. The number of nitrogens with zero attached hydrogens (tertiary/aromatic N) is 2. The maximum Gasteiger partial charge on any atom is 0.243 e. The van der Waals surface area contributed by atoms with E-state index >= 15 is 0 Å². The third kappa shape index (κ3) is 4.17. The molecule has 1 aliphatic heterocycles. The highest BCUT2D eigenvalue weighted by Crippen LogP contribution is 2.25. The zero-order valence-corrected chi connectivity index (χ0v) is 13.4. The second kappa shape index (κ2) is 7.76. The SMILES string of the molecule is Cl.N#Cc1ccc(S(=O)(=O)N2CCCC(CCN)C2)cc1. The van der Waals surface area contributed by atoms with Gasteiger partial charge in [-0.15, -0.1) is 12.4 Å². The van der Waals surface area contributed by atoms with Crippen LogP contribution < -0.4 is 5.73 Å². The summed E-state index contributed by atoms with van der Waals surface area (Å²) < 4.78 is 26.6. The Balaban J connectivity index is 0.00000220. The van der Waals surface area contributed by atoms with Crippen molar-refractivity contribution in [2.45, 2.75) is 24.2 Å². The maximum atomic E-state index is 12.5. The molecule has 1 aromatic rings. The van der Waals surface area contributed by atoms with Crippen molar-refractivity contribution in [2.75, 3.05) is 19.6 Å². The lowest BCUT2D eigenvalue weighted by Gasteiger charge is -2.31. The first kappa shape index (κ1) is 17.9. The molecule has 1 atom stereocenters. The molecule has 2 rings (SSSR count). The van der Waals surface area contributed by atoms with Crippen molar-refractivity contribution in [3.05, 3.63) is 29.8 Å². The van der Waals surface area contributed by atoms with Crippen molar-refractivity contribution in [1.82, 2.24) is 4.31 Å². The normalized spacial score (nSPS) is 19.5. The van der Waals surface area contributed by atoms with Crippen LogP contribution in [0.4, 0.5) is 0 Å². The zero-order valence-electron chi connectivity index (χ0n) is 11.7. The van der Waals surface area contributed by atoms with E-state index in [-0.39, 0.29) is 17.3 Å². The molecule has 1 fully saturated rings. The smallest absolute Gasteiger partial charge is 0.243 e. The molecule has 0 spiro atoms. The molecule has 1 saturated heterocycles. The number of nitriles is 1. The van der Waals surface area contributed by atoms with E-state index in [0.29, 0.717) is 31.1 Å². The molecule has 116 valence electrons. The molecule has 1 unspecified atom stereocenters. The predicted octanol–water partition coefficient (Wildman–Crippen LogP) is 1.73. The monoisotopic (exact) mass is 329 g/mol. The van der Waals surface area contributed by atoms with E-state index in [1.165, 1.54) is 28.6 Å². The van der Waals surface area contributed by atoms with Crippen LogP contribution >= 0.6 is 12.4 Å². The number of hydrogen-bond donors (Lipinski definition) is 1. The average molecular weight is 330 g/mol. The first-order chi connectivity index (χ1) is 9.57.